The number of halogens is 1. The highest BCUT2D eigenvalue weighted by molar-refractivity contribution is 14.0. The largest absolute Gasteiger partial charge is 0.493 e. The van der Waals surface area contributed by atoms with E-state index in [0.29, 0.717) is 13.2 Å². The number of aryl methyl sites for hydroxylation is 1. The van der Waals surface area contributed by atoms with Gasteiger partial charge in [0.1, 0.15) is 5.76 Å². The van der Waals surface area contributed by atoms with Gasteiger partial charge in [-0.05, 0) is 38.5 Å². The first kappa shape index (κ1) is 25.3. The zero-order valence-electron chi connectivity index (χ0n) is 18.9. The molecule has 0 unspecified atom stereocenters. The predicted molar refractivity (Wildman–Crippen MR) is 132 cm³/mol. The molecule has 0 spiro atoms. The standard InChI is InChI=1S/C22H33N5O3.HI/c1-5-23-22(24-15-18-7-8-20(28-4)21(14-18)29-6-2)27-11-9-26(10-12-27)16-19-13-17(3)30-25-19;/h7-8,13-14H,5-6,9-12,15-16H2,1-4H3,(H,23,24);1H. The van der Waals surface area contributed by atoms with Crippen molar-refractivity contribution in [3.63, 3.8) is 0 Å². The summed E-state index contributed by atoms with van der Waals surface area (Å²) < 4.78 is 16.2. The molecule has 3 rings (SSSR count). The van der Waals surface area contributed by atoms with Crippen molar-refractivity contribution >= 4 is 29.9 Å². The summed E-state index contributed by atoms with van der Waals surface area (Å²) in [5, 5.41) is 7.53. The molecule has 1 aromatic heterocycles. The summed E-state index contributed by atoms with van der Waals surface area (Å²) in [6, 6.07) is 7.98. The van der Waals surface area contributed by atoms with E-state index in [0.717, 1.165) is 73.7 Å². The van der Waals surface area contributed by atoms with Crippen molar-refractivity contribution in [2.24, 2.45) is 4.99 Å². The first-order valence-electron chi connectivity index (χ1n) is 10.6. The van der Waals surface area contributed by atoms with E-state index in [1.54, 1.807) is 7.11 Å². The van der Waals surface area contributed by atoms with E-state index in [9.17, 15) is 0 Å². The van der Waals surface area contributed by atoms with Crippen LogP contribution in [0.15, 0.2) is 33.8 Å². The molecule has 0 saturated carbocycles. The minimum Gasteiger partial charge on any atom is -0.493 e. The summed E-state index contributed by atoms with van der Waals surface area (Å²) >= 11 is 0. The Labute approximate surface area is 202 Å². The number of methoxy groups -OCH3 is 1. The van der Waals surface area contributed by atoms with Crippen molar-refractivity contribution in [1.82, 2.24) is 20.3 Å². The molecule has 1 aliphatic heterocycles. The van der Waals surface area contributed by atoms with Gasteiger partial charge in [0.25, 0.3) is 0 Å². The van der Waals surface area contributed by atoms with E-state index < -0.39 is 0 Å². The molecule has 0 aliphatic carbocycles. The van der Waals surface area contributed by atoms with Crippen molar-refractivity contribution < 1.29 is 14.0 Å². The maximum Gasteiger partial charge on any atom is 0.194 e. The summed E-state index contributed by atoms with van der Waals surface area (Å²) in [4.78, 5) is 9.58. The topological polar surface area (TPSA) is 75.4 Å². The lowest BCUT2D eigenvalue weighted by Gasteiger charge is -2.36. The van der Waals surface area contributed by atoms with E-state index in [1.807, 2.05) is 38.1 Å². The van der Waals surface area contributed by atoms with Crippen LogP contribution in [0, 0.1) is 6.92 Å². The number of nitrogens with one attached hydrogen (secondary N) is 1. The summed E-state index contributed by atoms with van der Waals surface area (Å²) in [5.41, 5.74) is 2.08. The fourth-order valence-corrected chi connectivity index (χ4v) is 3.52. The Morgan fingerprint density at radius 3 is 2.55 bits per heavy atom. The van der Waals surface area contributed by atoms with Gasteiger partial charge in [-0.15, -0.1) is 24.0 Å². The second kappa shape index (κ2) is 12.7. The van der Waals surface area contributed by atoms with Crippen molar-refractivity contribution in [2.75, 3.05) is 46.4 Å². The number of aliphatic imine (C=N–C) groups is 1. The molecule has 172 valence electrons. The third-order valence-electron chi connectivity index (χ3n) is 5.01. The van der Waals surface area contributed by atoms with Gasteiger partial charge in [-0.3, -0.25) is 4.90 Å². The Morgan fingerprint density at radius 2 is 1.94 bits per heavy atom. The van der Waals surface area contributed by atoms with E-state index in [1.165, 1.54) is 0 Å². The maximum absolute atomic E-state index is 5.68. The van der Waals surface area contributed by atoms with Crippen molar-refractivity contribution in [3.8, 4) is 11.5 Å². The zero-order chi connectivity index (χ0) is 21.3. The molecule has 1 aliphatic rings. The Morgan fingerprint density at radius 1 is 1.16 bits per heavy atom. The Hall–Kier alpha value is -2.01. The van der Waals surface area contributed by atoms with Gasteiger partial charge in [0, 0.05) is 45.3 Å². The lowest BCUT2D eigenvalue weighted by Crippen LogP contribution is -2.52. The molecule has 31 heavy (non-hydrogen) atoms. The first-order valence-corrected chi connectivity index (χ1v) is 10.6. The minimum absolute atomic E-state index is 0. The molecular formula is C22H34IN5O3. The molecule has 2 heterocycles. The fraction of sp³-hybridized carbons (Fsp3) is 0.545. The molecule has 8 nitrogen and oxygen atoms in total. The van der Waals surface area contributed by atoms with Gasteiger partial charge >= 0.3 is 0 Å². The molecule has 0 bridgehead atoms. The normalized spacial score (nSPS) is 14.8. The average molecular weight is 543 g/mol. The van der Waals surface area contributed by atoms with Crippen LogP contribution in [0.2, 0.25) is 0 Å². The van der Waals surface area contributed by atoms with Gasteiger partial charge < -0.3 is 24.2 Å². The number of guanidine groups is 1. The lowest BCUT2D eigenvalue weighted by molar-refractivity contribution is 0.169. The third-order valence-corrected chi connectivity index (χ3v) is 5.01. The number of aromatic nitrogens is 1. The number of ether oxygens (including phenoxy) is 2. The molecule has 0 radical (unpaired) electrons. The lowest BCUT2D eigenvalue weighted by atomic mass is 10.2. The average Bonchev–Trinajstić information content (AvgIpc) is 3.17. The molecular weight excluding hydrogens is 509 g/mol. The Kier molecular flexibility index (Phi) is 10.4. The summed E-state index contributed by atoms with van der Waals surface area (Å²) in [6.07, 6.45) is 0. The fourth-order valence-electron chi connectivity index (χ4n) is 3.52. The molecule has 1 aromatic carbocycles. The van der Waals surface area contributed by atoms with Gasteiger partial charge in [0.15, 0.2) is 17.5 Å². The summed E-state index contributed by atoms with van der Waals surface area (Å²) in [6.45, 7) is 12.6. The minimum atomic E-state index is 0. The van der Waals surface area contributed by atoms with Crippen molar-refractivity contribution in [1.29, 1.82) is 0 Å². The monoisotopic (exact) mass is 543 g/mol. The second-order valence-electron chi connectivity index (χ2n) is 7.28. The molecule has 1 saturated heterocycles. The molecule has 0 amide bonds. The molecule has 9 heteroatoms. The van der Waals surface area contributed by atoms with Crippen LogP contribution < -0.4 is 14.8 Å². The van der Waals surface area contributed by atoms with Crippen LogP contribution in [-0.2, 0) is 13.1 Å². The second-order valence-corrected chi connectivity index (χ2v) is 7.28. The molecule has 1 fully saturated rings. The number of piperazine rings is 1. The van der Waals surface area contributed by atoms with Crippen LogP contribution in [-0.4, -0.2) is 67.4 Å². The highest BCUT2D eigenvalue weighted by Gasteiger charge is 2.20. The number of nitrogens with zero attached hydrogens (tertiary/aromatic N) is 4. The predicted octanol–water partition coefficient (Wildman–Crippen LogP) is 3.29. The smallest absolute Gasteiger partial charge is 0.194 e. The highest BCUT2D eigenvalue weighted by Crippen LogP contribution is 2.28. The van der Waals surface area contributed by atoms with Gasteiger partial charge in [-0.2, -0.15) is 0 Å². The van der Waals surface area contributed by atoms with E-state index in [-0.39, 0.29) is 24.0 Å². The molecule has 0 atom stereocenters. The van der Waals surface area contributed by atoms with Crippen LogP contribution in [0.4, 0.5) is 0 Å². The van der Waals surface area contributed by atoms with Crippen LogP contribution >= 0.6 is 24.0 Å². The van der Waals surface area contributed by atoms with Gasteiger partial charge in [-0.25, -0.2) is 4.99 Å². The van der Waals surface area contributed by atoms with Crippen LogP contribution in [0.5, 0.6) is 11.5 Å². The molecule has 1 N–H and O–H groups in total. The zero-order valence-corrected chi connectivity index (χ0v) is 21.2. The molecule has 2 aromatic rings. The number of hydrogen-bond acceptors (Lipinski definition) is 6. The maximum atomic E-state index is 5.68. The summed E-state index contributed by atoms with van der Waals surface area (Å²) in [5.74, 6) is 3.31. The van der Waals surface area contributed by atoms with E-state index in [4.69, 9.17) is 19.0 Å². The van der Waals surface area contributed by atoms with Crippen molar-refractivity contribution in [2.45, 2.75) is 33.9 Å². The number of hydrogen-bond donors (Lipinski definition) is 1. The van der Waals surface area contributed by atoms with Crippen LogP contribution in [0.3, 0.4) is 0 Å². The van der Waals surface area contributed by atoms with Gasteiger partial charge in [0.2, 0.25) is 0 Å². The van der Waals surface area contributed by atoms with Gasteiger partial charge in [0.05, 0.1) is 26.0 Å². The first-order chi connectivity index (χ1) is 14.6. The van der Waals surface area contributed by atoms with Gasteiger partial charge in [-0.1, -0.05) is 11.2 Å². The Bertz CT molecular complexity index is 834. The SMILES string of the molecule is CCNC(=NCc1ccc(OC)c(OCC)c1)N1CCN(Cc2cc(C)on2)CC1.I. The van der Waals surface area contributed by atoms with Crippen LogP contribution in [0.25, 0.3) is 0 Å². The summed E-state index contributed by atoms with van der Waals surface area (Å²) in [7, 11) is 1.66. The van der Waals surface area contributed by atoms with Crippen LogP contribution in [0.1, 0.15) is 30.9 Å². The number of rotatable bonds is 8. The number of benzene rings is 1. The Balaban J connectivity index is 0.00000341. The third kappa shape index (κ3) is 7.27. The van der Waals surface area contributed by atoms with E-state index >= 15 is 0 Å². The highest BCUT2D eigenvalue weighted by atomic mass is 127. The van der Waals surface area contributed by atoms with Crippen molar-refractivity contribution in [3.05, 3.63) is 41.3 Å². The quantitative estimate of drug-likeness (QED) is 0.311. The van der Waals surface area contributed by atoms with E-state index in [2.05, 4.69) is 27.2 Å².